The van der Waals surface area contributed by atoms with Gasteiger partial charge in [0.15, 0.2) is 0 Å². The average Bonchev–Trinajstić information content (AvgIpc) is 2.42. The number of benzene rings is 2. The molecule has 0 fully saturated rings. The van der Waals surface area contributed by atoms with Crippen LogP contribution in [-0.2, 0) is 0 Å². The topological polar surface area (TPSA) is 72.2 Å². The molecule has 2 aromatic carbocycles. The number of hydrogen-bond acceptors (Lipinski definition) is 3. The Morgan fingerprint density at radius 1 is 1.24 bits per heavy atom. The van der Waals surface area contributed by atoms with Crippen LogP contribution >= 0.6 is 31.9 Å². The zero-order valence-electron chi connectivity index (χ0n) is 10.9. The van der Waals surface area contributed by atoms with E-state index in [1.807, 2.05) is 19.1 Å². The Morgan fingerprint density at radius 2 is 1.95 bits per heavy atom. The molecular weight excluding hydrogens is 404 g/mol. The highest BCUT2D eigenvalue weighted by atomic mass is 79.9. The van der Waals surface area contributed by atoms with Crippen LogP contribution in [0, 0.1) is 17.0 Å². The van der Waals surface area contributed by atoms with Gasteiger partial charge in [-0.3, -0.25) is 14.9 Å². The second kappa shape index (κ2) is 6.36. The molecule has 0 aliphatic rings. The van der Waals surface area contributed by atoms with E-state index in [0.29, 0.717) is 5.69 Å². The minimum Gasteiger partial charge on any atom is -0.322 e. The molecule has 0 heterocycles. The van der Waals surface area contributed by atoms with Crippen molar-refractivity contribution in [3.8, 4) is 0 Å². The summed E-state index contributed by atoms with van der Waals surface area (Å²) >= 11 is 6.45. The van der Waals surface area contributed by atoms with Gasteiger partial charge in [-0.25, -0.2) is 0 Å². The lowest BCUT2D eigenvalue weighted by atomic mass is 10.1. The first-order valence-electron chi connectivity index (χ1n) is 5.90. The van der Waals surface area contributed by atoms with Gasteiger partial charge in [0.25, 0.3) is 11.6 Å². The zero-order valence-corrected chi connectivity index (χ0v) is 14.1. The zero-order chi connectivity index (χ0) is 15.6. The second-order valence-electron chi connectivity index (χ2n) is 4.31. The number of nitro benzene ring substituents is 1. The van der Waals surface area contributed by atoms with Crippen LogP contribution in [0.3, 0.4) is 0 Å². The summed E-state index contributed by atoms with van der Waals surface area (Å²) in [5.74, 6) is -0.410. The summed E-state index contributed by atoms with van der Waals surface area (Å²) in [5.41, 5.74) is 1.61. The summed E-state index contributed by atoms with van der Waals surface area (Å²) < 4.78 is 1.00. The number of carbonyl (C=O) groups is 1. The molecule has 0 aliphatic carbocycles. The molecule has 0 spiro atoms. The third kappa shape index (κ3) is 3.48. The Balaban J connectivity index is 2.35. The van der Waals surface area contributed by atoms with Crippen LogP contribution < -0.4 is 5.32 Å². The van der Waals surface area contributed by atoms with E-state index in [9.17, 15) is 14.9 Å². The van der Waals surface area contributed by atoms with Gasteiger partial charge in [0.1, 0.15) is 4.47 Å². The van der Waals surface area contributed by atoms with Crippen molar-refractivity contribution >= 4 is 49.1 Å². The van der Waals surface area contributed by atoms with Crippen molar-refractivity contribution < 1.29 is 9.72 Å². The quantitative estimate of drug-likeness (QED) is 0.586. The molecule has 0 atom stereocenters. The van der Waals surface area contributed by atoms with Crippen LogP contribution in [0.2, 0.25) is 0 Å². The predicted molar refractivity (Wildman–Crippen MR) is 87.6 cm³/mol. The standard InChI is InChI=1S/C14H10Br2N2O3/c1-8-5-6-9(15)7-11(8)17-14(19)10-3-2-4-12(13(10)16)18(20)21/h2-7H,1H3,(H,17,19). The van der Waals surface area contributed by atoms with Crippen molar-refractivity contribution in [2.24, 2.45) is 0 Å². The molecule has 2 rings (SSSR count). The van der Waals surface area contributed by atoms with Gasteiger partial charge in [-0.1, -0.05) is 28.1 Å². The maximum atomic E-state index is 12.3. The molecule has 0 aliphatic heterocycles. The highest BCUT2D eigenvalue weighted by molar-refractivity contribution is 9.11. The number of nitro groups is 1. The molecule has 0 unspecified atom stereocenters. The van der Waals surface area contributed by atoms with Crippen LogP contribution in [0.4, 0.5) is 11.4 Å². The van der Waals surface area contributed by atoms with Gasteiger partial charge in [-0.15, -0.1) is 0 Å². The van der Waals surface area contributed by atoms with E-state index in [-0.39, 0.29) is 15.7 Å². The fourth-order valence-electron chi connectivity index (χ4n) is 1.75. The fraction of sp³-hybridized carbons (Fsp3) is 0.0714. The third-order valence-corrected chi connectivity index (χ3v) is 4.19. The van der Waals surface area contributed by atoms with E-state index in [1.54, 1.807) is 6.07 Å². The first-order valence-corrected chi connectivity index (χ1v) is 7.49. The Labute approximate surface area is 137 Å². The molecule has 5 nitrogen and oxygen atoms in total. The molecule has 0 radical (unpaired) electrons. The summed E-state index contributed by atoms with van der Waals surface area (Å²) in [5, 5.41) is 13.6. The number of hydrogen-bond donors (Lipinski definition) is 1. The first kappa shape index (κ1) is 15.7. The second-order valence-corrected chi connectivity index (χ2v) is 6.02. The summed E-state index contributed by atoms with van der Waals surface area (Å²) in [6.45, 7) is 1.87. The molecule has 0 aromatic heterocycles. The highest BCUT2D eigenvalue weighted by Gasteiger charge is 2.19. The van der Waals surface area contributed by atoms with Crippen LogP contribution in [0.25, 0.3) is 0 Å². The van der Waals surface area contributed by atoms with Crippen molar-refractivity contribution in [1.29, 1.82) is 0 Å². The van der Waals surface area contributed by atoms with Gasteiger partial charge < -0.3 is 5.32 Å². The summed E-state index contributed by atoms with van der Waals surface area (Å²) in [6, 6.07) is 9.85. The molecule has 21 heavy (non-hydrogen) atoms. The van der Waals surface area contributed by atoms with Crippen molar-refractivity contribution in [3.05, 3.63) is 66.6 Å². The molecule has 7 heteroatoms. The molecule has 0 saturated heterocycles. The molecule has 108 valence electrons. The van der Waals surface area contributed by atoms with Gasteiger partial charge in [-0.05, 0) is 46.6 Å². The van der Waals surface area contributed by atoms with Crippen LogP contribution in [-0.4, -0.2) is 10.8 Å². The average molecular weight is 414 g/mol. The molecule has 0 saturated carbocycles. The normalized spacial score (nSPS) is 10.2. The number of amides is 1. The Hall–Kier alpha value is -1.73. The summed E-state index contributed by atoms with van der Waals surface area (Å²) in [4.78, 5) is 22.6. The van der Waals surface area contributed by atoms with E-state index in [2.05, 4.69) is 37.2 Å². The lowest BCUT2D eigenvalue weighted by Gasteiger charge is -2.10. The molecule has 2 aromatic rings. The number of nitrogens with zero attached hydrogens (tertiary/aromatic N) is 1. The van der Waals surface area contributed by atoms with Crippen LogP contribution in [0.5, 0.6) is 0 Å². The van der Waals surface area contributed by atoms with Gasteiger partial charge in [0.05, 0.1) is 10.5 Å². The Morgan fingerprint density at radius 3 is 2.62 bits per heavy atom. The molecule has 0 bridgehead atoms. The Bertz CT molecular complexity index is 732. The SMILES string of the molecule is Cc1ccc(Br)cc1NC(=O)c1cccc([N+](=O)[O-])c1Br. The third-order valence-electron chi connectivity index (χ3n) is 2.87. The monoisotopic (exact) mass is 412 g/mol. The van der Waals surface area contributed by atoms with Crippen molar-refractivity contribution in [2.45, 2.75) is 6.92 Å². The molecule has 1 amide bonds. The maximum Gasteiger partial charge on any atom is 0.284 e. The number of carbonyl (C=O) groups excluding carboxylic acids is 1. The minimum absolute atomic E-state index is 0.145. The van der Waals surface area contributed by atoms with Gasteiger partial charge in [-0.2, -0.15) is 0 Å². The van der Waals surface area contributed by atoms with Crippen LogP contribution in [0.15, 0.2) is 45.3 Å². The lowest BCUT2D eigenvalue weighted by Crippen LogP contribution is -2.14. The number of rotatable bonds is 3. The maximum absolute atomic E-state index is 12.3. The lowest BCUT2D eigenvalue weighted by molar-refractivity contribution is -0.385. The summed E-state index contributed by atoms with van der Waals surface area (Å²) in [7, 11) is 0. The van der Waals surface area contributed by atoms with Gasteiger partial charge >= 0.3 is 0 Å². The van der Waals surface area contributed by atoms with Crippen molar-refractivity contribution in [2.75, 3.05) is 5.32 Å². The van der Waals surface area contributed by atoms with Crippen molar-refractivity contribution in [3.63, 3.8) is 0 Å². The van der Waals surface area contributed by atoms with E-state index in [4.69, 9.17) is 0 Å². The fourth-order valence-corrected chi connectivity index (χ4v) is 2.70. The number of nitrogens with one attached hydrogen (secondary N) is 1. The van der Waals surface area contributed by atoms with Crippen LogP contribution in [0.1, 0.15) is 15.9 Å². The summed E-state index contributed by atoms with van der Waals surface area (Å²) in [6.07, 6.45) is 0. The molecular formula is C14H10Br2N2O3. The van der Waals surface area contributed by atoms with Gasteiger partial charge in [0.2, 0.25) is 0 Å². The predicted octanol–water partition coefficient (Wildman–Crippen LogP) is 4.68. The van der Waals surface area contributed by atoms with Crippen molar-refractivity contribution in [1.82, 2.24) is 0 Å². The first-order chi connectivity index (χ1) is 9.90. The van der Waals surface area contributed by atoms with E-state index in [1.165, 1.54) is 18.2 Å². The van der Waals surface area contributed by atoms with E-state index in [0.717, 1.165) is 10.0 Å². The minimum atomic E-state index is -0.536. The van der Waals surface area contributed by atoms with E-state index < -0.39 is 10.8 Å². The Kier molecular flexibility index (Phi) is 4.74. The number of aryl methyl sites for hydroxylation is 1. The van der Waals surface area contributed by atoms with Gasteiger partial charge in [0, 0.05) is 16.2 Å². The highest BCUT2D eigenvalue weighted by Crippen LogP contribution is 2.29. The largest absolute Gasteiger partial charge is 0.322 e. The number of anilines is 1. The smallest absolute Gasteiger partial charge is 0.284 e. The molecule has 1 N–H and O–H groups in total. The number of halogens is 2. The van der Waals surface area contributed by atoms with E-state index >= 15 is 0 Å².